The second-order valence-corrected chi connectivity index (χ2v) is 3.74. The smallest absolute Gasteiger partial charge is 0.266 e. The van der Waals surface area contributed by atoms with E-state index in [9.17, 15) is 4.79 Å². The predicted molar refractivity (Wildman–Crippen MR) is 62.9 cm³/mol. The van der Waals surface area contributed by atoms with Crippen molar-refractivity contribution in [1.82, 2.24) is 15.5 Å². The Morgan fingerprint density at radius 3 is 2.82 bits per heavy atom. The van der Waals surface area contributed by atoms with Crippen LogP contribution in [0.2, 0.25) is 0 Å². The molecule has 1 heterocycles. The number of aliphatic hydroxyl groups is 1. The van der Waals surface area contributed by atoms with Crippen molar-refractivity contribution in [3.05, 3.63) is 11.8 Å². The maximum Gasteiger partial charge on any atom is 0.266 e. The summed E-state index contributed by atoms with van der Waals surface area (Å²) in [5, 5.41) is 23.5. The van der Waals surface area contributed by atoms with Gasteiger partial charge in [-0.05, 0) is 6.42 Å². The zero-order chi connectivity index (χ0) is 12.5. The topological polar surface area (TPSA) is 88.4 Å². The summed E-state index contributed by atoms with van der Waals surface area (Å²) in [5.74, 6) is -0.231. The Bertz CT molecular complexity index is 316. The van der Waals surface area contributed by atoms with Crippen molar-refractivity contribution in [3.63, 3.8) is 0 Å². The van der Waals surface area contributed by atoms with Crippen molar-refractivity contribution in [3.8, 4) is 6.07 Å². The quantitative estimate of drug-likeness (QED) is 0.318. The van der Waals surface area contributed by atoms with E-state index in [1.54, 1.807) is 4.90 Å². The van der Waals surface area contributed by atoms with Gasteiger partial charge >= 0.3 is 0 Å². The zero-order valence-electron chi connectivity index (χ0n) is 9.78. The fourth-order valence-corrected chi connectivity index (χ4v) is 1.54. The molecule has 94 valence electrons. The van der Waals surface area contributed by atoms with Crippen LogP contribution in [0.4, 0.5) is 0 Å². The molecule has 0 aliphatic carbocycles. The highest BCUT2D eigenvalue weighted by Gasteiger charge is 2.19. The molecule has 3 N–H and O–H groups in total. The molecule has 0 atom stereocenters. The standard InChI is InChI=1S/C11H18N4O2/c12-8-10(9-14-2-1-7-16)11(17)15-5-3-13-4-6-15/h9,13-14,16H,1-7H2/b10-9-. The molecule has 0 unspecified atom stereocenters. The molecule has 1 saturated heterocycles. The first-order valence-electron chi connectivity index (χ1n) is 5.74. The van der Waals surface area contributed by atoms with E-state index in [1.165, 1.54) is 6.20 Å². The van der Waals surface area contributed by atoms with E-state index in [0.717, 1.165) is 13.1 Å². The Labute approximate surface area is 101 Å². The number of nitriles is 1. The molecule has 1 aliphatic rings. The van der Waals surface area contributed by atoms with Gasteiger partial charge < -0.3 is 20.6 Å². The largest absolute Gasteiger partial charge is 0.396 e. The molecule has 0 aromatic heterocycles. The lowest BCUT2D eigenvalue weighted by molar-refractivity contribution is -0.127. The molecule has 1 fully saturated rings. The molecule has 17 heavy (non-hydrogen) atoms. The zero-order valence-corrected chi connectivity index (χ0v) is 9.78. The third-order valence-corrected chi connectivity index (χ3v) is 2.48. The van der Waals surface area contributed by atoms with Gasteiger partial charge in [0.05, 0.1) is 0 Å². The Morgan fingerprint density at radius 1 is 1.53 bits per heavy atom. The van der Waals surface area contributed by atoms with E-state index >= 15 is 0 Å². The summed E-state index contributed by atoms with van der Waals surface area (Å²) in [4.78, 5) is 13.6. The normalized spacial score (nSPS) is 16.5. The van der Waals surface area contributed by atoms with Crippen LogP contribution in [-0.2, 0) is 4.79 Å². The SMILES string of the molecule is N#C/C(=C/NCCCO)C(=O)N1CCNCC1. The molecule has 1 amide bonds. The van der Waals surface area contributed by atoms with Gasteiger partial charge in [-0.3, -0.25) is 4.79 Å². The second-order valence-electron chi connectivity index (χ2n) is 3.74. The first-order valence-corrected chi connectivity index (χ1v) is 5.74. The van der Waals surface area contributed by atoms with Crippen LogP contribution in [0.25, 0.3) is 0 Å². The van der Waals surface area contributed by atoms with E-state index < -0.39 is 0 Å². The lowest BCUT2D eigenvalue weighted by Crippen LogP contribution is -2.46. The first-order chi connectivity index (χ1) is 8.29. The molecule has 1 aliphatic heterocycles. The lowest BCUT2D eigenvalue weighted by Gasteiger charge is -2.27. The van der Waals surface area contributed by atoms with Crippen molar-refractivity contribution >= 4 is 5.91 Å². The molecule has 6 heteroatoms. The van der Waals surface area contributed by atoms with Crippen molar-refractivity contribution in [2.75, 3.05) is 39.3 Å². The highest BCUT2D eigenvalue weighted by molar-refractivity contribution is 5.97. The van der Waals surface area contributed by atoms with E-state index in [4.69, 9.17) is 10.4 Å². The highest BCUT2D eigenvalue weighted by Crippen LogP contribution is 2.01. The van der Waals surface area contributed by atoms with Crippen LogP contribution < -0.4 is 10.6 Å². The van der Waals surface area contributed by atoms with Crippen molar-refractivity contribution < 1.29 is 9.90 Å². The van der Waals surface area contributed by atoms with Crippen molar-refractivity contribution in [2.24, 2.45) is 0 Å². The van der Waals surface area contributed by atoms with E-state index in [-0.39, 0.29) is 18.1 Å². The molecule has 0 bridgehead atoms. The third kappa shape index (κ3) is 4.43. The van der Waals surface area contributed by atoms with Crippen LogP contribution in [0.5, 0.6) is 0 Å². The third-order valence-electron chi connectivity index (χ3n) is 2.48. The Kier molecular flexibility index (Phi) is 6.07. The number of carbonyl (C=O) groups excluding carboxylic acids is 1. The monoisotopic (exact) mass is 238 g/mol. The van der Waals surface area contributed by atoms with Gasteiger partial charge in [0.25, 0.3) is 5.91 Å². The number of carbonyl (C=O) groups is 1. The molecule has 6 nitrogen and oxygen atoms in total. The van der Waals surface area contributed by atoms with Crippen LogP contribution in [0.3, 0.4) is 0 Å². The van der Waals surface area contributed by atoms with Crippen molar-refractivity contribution in [2.45, 2.75) is 6.42 Å². The predicted octanol–water partition coefficient (Wildman–Crippen LogP) is -1.20. The summed E-state index contributed by atoms with van der Waals surface area (Å²) in [6.45, 7) is 3.44. The van der Waals surface area contributed by atoms with E-state index in [0.29, 0.717) is 26.1 Å². The summed E-state index contributed by atoms with van der Waals surface area (Å²) in [6, 6.07) is 1.90. The number of amides is 1. The minimum Gasteiger partial charge on any atom is -0.396 e. The number of nitrogens with zero attached hydrogens (tertiary/aromatic N) is 2. The van der Waals surface area contributed by atoms with Gasteiger partial charge in [0.2, 0.25) is 0 Å². The Balaban J connectivity index is 2.48. The average molecular weight is 238 g/mol. The molecule has 0 saturated carbocycles. The molecule has 0 spiro atoms. The van der Waals surface area contributed by atoms with Crippen LogP contribution in [0, 0.1) is 11.3 Å². The summed E-state index contributed by atoms with van der Waals surface area (Å²) in [5.41, 5.74) is 0.116. The van der Waals surface area contributed by atoms with Crippen LogP contribution in [0.1, 0.15) is 6.42 Å². The molecular weight excluding hydrogens is 220 g/mol. The second kappa shape index (κ2) is 7.65. The number of hydrogen-bond donors (Lipinski definition) is 3. The number of hydrogen-bond acceptors (Lipinski definition) is 5. The molecule has 0 aromatic rings. The number of aliphatic hydroxyl groups excluding tert-OH is 1. The van der Waals surface area contributed by atoms with Crippen LogP contribution >= 0.6 is 0 Å². The van der Waals surface area contributed by atoms with Crippen molar-refractivity contribution in [1.29, 1.82) is 5.26 Å². The van der Waals surface area contributed by atoms with Crippen LogP contribution in [-0.4, -0.2) is 55.2 Å². The minimum atomic E-state index is -0.231. The van der Waals surface area contributed by atoms with Gasteiger partial charge in [-0.15, -0.1) is 0 Å². The molecule has 0 radical (unpaired) electrons. The summed E-state index contributed by atoms with van der Waals surface area (Å²) >= 11 is 0. The average Bonchev–Trinajstić information content (AvgIpc) is 2.39. The lowest BCUT2D eigenvalue weighted by atomic mass is 10.2. The van der Waals surface area contributed by atoms with E-state index in [1.807, 2.05) is 6.07 Å². The fraction of sp³-hybridized carbons (Fsp3) is 0.636. The summed E-state index contributed by atoms with van der Waals surface area (Å²) in [6.07, 6.45) is 2.02. The highest BCUT2D eigenvalue weighted by atomic mass is 16.3. The summed E-state index contributed by atoms with van der Waals surface area (Å²) in [7, 11) is 0. The molecule has 1 rings (SSSR count). The Morgan fingerprint density at radius 2 is 2.24 bits per heavy atom. The Hall–Kier alpha value is -1.58. The van der Waals surface area contributed by atoms with Crippen LogP contribution in [0.15, 0.2) is 11.8 Å². The number of rotatable bonds is 5. The maximum atomic E-state index is 11.9. The number of nitrogens with one attached hydrogen (secondary N) is 2. The summed E-state index contributed by atoms with van der Waals surface area (Å²) < 4.78 is 0. The molecular formula is C11H18N4O2. The van der Waals surface area contributed by atoms with Gasteiger partial charge in [-0.2, -0.15) is 5.26 Å². The van der Waals surface area contributed by atoms with E-state index in [2.05, 4.69) is 10.6 Å². The minimum absolute atomic E-state index is 0.0917. The number of piperazine rings is 1. The first kappa shape index (κ1) is 13.5. The molecule has 0 aromatic carbocycles. The van der Waals surface area contributed by atoms with Gasteiger partial charge in [0.15, 0.2) is 0 Å². The van der Waals surface area contributed by atoms with Gasteiger partial charge in [0, 0.05) is 45.5 Å². The van der Waals surface area contributed by atoms with Gasteiger partial charge in [-0.1, -0.05) is 0 Å². The fourth-order valence-electron chi connectivity index (χ4n) is 1.54. The van der Waals surface area contributed by atoms with Gasteiger partial charge in [0.1, 0.15) is 11.6 Å². The maximum absolute atomic E-state index is 11.9. The van der Waals surface area contributed by atoms with Gasteiger partial charge in [-0.25, -0.2) is 0 Å².